The van der Waals surface area contributed by atoms with Crippen molar-refractivity contribution in [3.63, 3.8) is 0 Å². The number of benzene rings is 1. The standard InChI is InChI=1S/C13H16BrNO5/c1-3-5-11(13(16)19-4-2)20-12-8-9(15(17)18)6-7-10(12)14/h6-8,11H,3-5H2,1-2H3. The smallest absolute Gasteiger partial charge is 0.347 e. The molecule has 0 aliphatic carbocycles. The van der Waals surface area contributed by atoms with Crippen LogP contribution in [0.1, 0.15) is 26.7 Å². The lowest BCUT2D eigenvalue weighted by atomic mass is 10.2. The SMILES string of the molecule is CCCC(Oc1cc([N+](=O)[O-])ccc1Br)C(=O)OCC. The largest absolute Gasteiger partial charge is 0.477 e. The summed E-state index contributed by atoms with van der Waals surface area (Å²) < 4.78 is 11.0. The molecule has 6 nitrogen and oxygen atoms in total. The molecule has 0 fully saturated rings. The van der Waals surface area contributed by atoms with E-state index in [9.17, 15) is 14.9 Å². The van der Waals surface area contributed by atoms with Gasteiger partial charge in [-0.25, -0.2) is 4.79 Å². The van der Waals surface area contributed by atoms with Crippen molar-refractivity contribution in [3.8, 4) is 5.75 Å². The first-order valence-electron chi connectivity index (χ1n) is 6.26. The van der Waals surface area contributed by atoms with Crippen molar-refractivity contribution in [2.75, 3.05) is 6.61 Å². The van der Waals surface area contributed by atoms with Crippen LogP contribution in [0.15, 0.2) is 22.7 Å². The Kier molecular flexibility index (Phi) is 6.44. The molecule has 0 bridgehead atoms. The van der Waals surface area contributed by atoms with Gasteiger partial charge in [-0.1, -0.05) is 13.3 Å². The zero-order chi connectivity index (χ0) is 15.1. The van der Waals surface area contributed by atoms with Crippen LogP contribution in [-0.2, 0) is 9.53 Å². The van der Waals surface area contributed by atoms with Crippen LogP contribution in [0.5, 0.6) is 5.75 Å². The molecule has 0 aliphatic heterocycles. The van der Waals surface area contributed by atoms with Crippen molar-refractivity contribution in [3.05, 3.63) is 32.8 Å². The van der Waals surface area contributed by atoms with E-state index in [4.69, 9.17) is 9.47 Å². The molecule has 1 unspecified atom stereocenters. The third-order valence-corrected chi connectivity index (χ3v) is 3.15. The highest BCUT2D eigenvalue weighted by molar-refractivity contribution is 9.10. The Morgan fingerprint density at radius 1 is 1.45 bits per heavy atom. The van der Waals surface area contributed by atoms with Gasteiger partial charge in [0.05, 0.1) is 22.1 Å². The van der Waals surface area contributed by atoms with Crippen LogP contribution in [0.25, 0.3) is 0 Å². The third kappa shape index (κ3) is 4.48. The maximum atomic E-state index is 11.8. The van der Waals surface area contributed by atoms with Crippen molar-refractivity contribution >= 4 is 27.6 Å². The Hall–Kier alpha value is -1.63. The molecule has 1 aromatic rings. The second kappa shape index (κ2) is 7.84. The number of non-ortho nitro benzene ring substituents is 1. The molecule has 0 radical (unpaired) electrons. The average Bonchev–Trinajstić information content (AvgIpc) is 2.40. The molecule has 0 N–H and O–H groups in total. The first-order chi connectivity index (χ1) is 9.49. The van der Waals surface area contributed by atoms with E-state index in [2.05, 4.69) is 15.9 Å². The number of nitro groups is 1. The minimum atomic E-state index is -0.766. The molecule has 0 aromatic heterocycles. The first-order valence-corrected chi connectivity index (χ1v) is 7.06. The number of halogens is 1. The fraction of sp³-hybridized carbons (Fsp3) is 0.462. The van der Waals surface area contributed by atoms with Gasteiger partial charge in [-0.2, -0.15) is 0 Å². The number of nitrogens with zero attached hydrogens (tertiary/aromatic N) is 1. The van der Waals surface area contributed by atoms with Crippen molar-refractivity contribution in [1.29, 1.82) is 0 Å². The molecule has 0 heterocycles. The van der Waals surface area contributed by atoms with Gasteiger partial charge in [0, 0.05) is 6.07 Å². The Morgan fingerprint density at radius 2 is 2.15 bits per heavy atom. The quantitative estimate of drug-likeness (QED) is 0.429. The summed E-state index contributed by atoms with van der Waals surface area (Å²) in [7, 11) is 0. The van der Waals surface area contributed by atoms with Gasteiger partial charge < -0.3 is 9.47 Å². The van der Waals surface area contributed by atoms with Gasteiger partial charge in [0.15, 0.2) is 6.10 Å². The van der Waals surface area contributed by atoms with Gasteiger partial charge in [0.2, 0.25) is 0 Å². The monoisotopic (exact) mass is 345 g/mol. The maximum absolute atomic E-state index is 11.8. The number of rotatable bonds is 7. The third-order valence-electron chi connectivity index (χ3n) is 2.50. The van der Waals surface area contributed by atoms with E-state index in [-0.39, 0.29) is 18.0 Å². The summed E-state index contributed by atoms with van der Waals surface area (Å²) in [6.45, 7) is 3.89. The topological polar surface area (TPSA) is 78.7 Å². The molecule has 1 atom stereocenters. The maximum Gasteiger partial charge on any atom is 0.347 e. The number of esters is 1. The first kappa shape index (κ1) is 16.4. The van der Waals surface area contributed by atoms with E-state index >= 15 is 0 Å². The minimum absolute atomic E-state index is 0.0951. The average molecular weight is 346 g/mol. The summed E-state index contributed by atoms with van der Waals surface area (Å²) in [5.41, 5.74) is -0.0951. The molecule has 1 rings (SSSR count). The fourth-order valence-corrected chi connectivity index (χ4v) is 1.91. The van der Waals surface area contributed by atoms with E-state index in [1.54, 1.807) is 6.92 Å². The van der Waals surface area contributed by atoms with Crippen LogP contribution in [0.3, 0.4) is 0 Å². The van der Waals surface area contributed by atoms with Gasteiger partial charge in [0.25, 0.3) is 5.69 Å². The van der Waals surface area contributed by atoms with Gasteiger partial charge >= 0.3 is 5.97 Å². The molecule has 0 amide bonds. The number of ether oxygens (including phenoxy) is 2. The summed E-state index contributed by atoms with van der Waals surface area (Å²) in [6, 6.07) is 4.16. The fourth-order valence-electron chi connectivity index (χ4n) is 1.57. The molecule has 1 aromatic carbocycles. The Morgan fingerprint density at radius 3 is 2.70 bits per heavy atom. The summed E-state index contributed by atoms with van der Waals surface area (Å²) in [6.07, 6.45) is 0.447. The zero-order valence-corrected chi connectivity index (χ0v) is 12.9. The Labute approximate surface area is 125 Å². The van der Waals surface area contributed by atoms with Crippen LogP contribution < -0.4 is 4.74 Å². The lowest BCUT2D eigenvalue weighted by Gasteiger charge is -2.17. The van der Waals surface area contributed by atoms with E-state index in [1.807, 2.05) is 6.92 Å². The minimum Gasteiger partial charge on any atom is -0.477 e. The highest BCUT2D eigenvalue weighted by Gasteiger charge is 2.23. The summed E-state index contributed by atoms with van der Waals surface area (Å²) in [5, 5.41) is 10.8. The van der Waals surface area contributed by atoms with E-state index in [0.29, 0.717) is 10.9 Å². The Balaban J connectivity index is 2.95. The van der Waals surface area contributed by atoms with Gasteiger partial charge in [-0.15, -0.1) is 0 Å². The van der Waals surface area contributed by atoms with E-state index in [0.717, 1.165) is 6.42 Å². The number of nitro benzene ring substituents is 1. The van der Waals surface area contributed by atoms with Gasteiger partial charge in [-0.05, 0) is 35.3 Å². The molecule has 0 aliphatic rings. The van der Waals surface area contributed by atoms with Crippen molar-refractivity contribution < 1.29 is 19.2 Å². The van der Waals surface area contributed by atoms with Crippen molar-refractivity contribution in [2.24, 2.45) is 0 Å². The zero-order valence-electron chi connectivity index (χ0n) is 11.3. The van der Waals surface area contributed by atoms with E-state index < -0.39 is 17.0 Å². The summed E-state index contributed by atoms with van der Waals surface area (Å²) in [4.78, 5) is 22.0. The highest BCUT2D eigenvalue weighted by Crippen LogP contribution is 2.30. The number of carbonyl (C=O) groups is 1. The molecule has 20 heavy (non-hydrogen) atoms. The number of hydrogen-bond acceptors (Lipinski definition) is 5. The molecule has 0 saturated heterocycles. The lowest BCUT2D eigenvalue weighted by Crippen LogP contribution is -2.29. The summed E-state index contributed by atoms with van der Waals surface area (Å²) in [5.74, 6) is -0.210. The predicted molar refractivity (Wildman–Crippen MR) is 76.8 cm³/mol. The molecular formula is C13H16BrNO5. The van der Waals surface area contributed by atoms with Crippen molar-refractivity contribution in [2.45, 2.75) is 32.8 Å². The van der Waals surface area contributed by atoms with Crippen LogP contribution in [0.4, 0.5) is 5.69 Å². The van der Waals surface area contributed by atoms with Crippen LogP contribution in [0.2, 0.25) is 0 Å². The van der Waals surface area contributed by atoms with Gasteiger partial charge in [0.1, 0.15) is 5.75 Å². The van der Waals surface area contributed by atoms with E-state index in [1.165, 1.54) is 18.2 Å². The molecule has 0 saturated carbocycles. The van der Waals surface area contributed by atoms with Crippen LogP contribution in [0, 0.1) is 10.1 Å². The highest BCUT2D eigenvalue weighted by atomic mass is 79.9. The van der Waals surface area contributed by atoms with Crippen molar-refractivity contribution in [1.82, 2.24) is 0 Å². The normalized spacial score (nSPS) is 11.8. The number of hydrogen-bond donors (Lipinski definition) is 0. The van der Waals surface area contributed by atoms with Gasteiger partial charge in [-0.3, -0.25) is 10.1 Å². The van der Waals surface area contributed by atoms with Crippen LogP contribution >= 0.6 is 15.9 Å². The number of carbonyl (C=O) groups excluding carboxylic acids is 1. The summed E-state index contributed by atoms with van der Waals surface area (Å²) >= 11 is 3.25. The molecule has 0 spiro atoms. The van der Waals surface area contributed by atoms with Crippen LogP contribution in [-0.4, -0.2) is 23.6 Å². The second-order valence-electron chi connectivity index (χ2n) is 4.02. The molecular weight excluding hydrogens is 330 g/mol. The predicted octanol–water partition coefficient (Wildman–Crippen LogP) is 3.47. The molecule has 7 heteroatoms. The molecule has 110 valence electrons. The Bertz CT molecular complexity index is 492. The second-order valence-corrected chi connectivity index (χ2v) is 4.87. The lowest BCUT2D eigenvalue weighted by molar-refractivity contribution is -0.385.